The predicted molar refractivity (Wildman–Crippen MR) is 66.7 cm³/mol. The molecule has 0 aromatic heterocycles. The zero-order chi connectivity index (χ0) is 13.0. The molecule has 0 saturated carbocycles. The van der Waals surface area contributed by atoms with Gasteiger partial charge in [-0.05, 0) is 36.6 Å². The maximum atomic E-state index is 11.1. The van der Waals surface area contributed by atoms with Crippen LogP contribution in [-0.4, -0.2) is 27.5 Å². The number of phenols is 2. The number of rotatable bonds is 4. The molecule has 0 aliphatic heterocycles. The van der Waals surface area contributed by atoms with E-state index < -0.39 is 10.7 Å². The lowest BCUT2D eigenvalue weighted by Crippen LogP contribution is -2.30. The van der Waals surface area contributed by atoms with E-state index in [-0.39, 0.29) is 11.5 Å². The molecule has 94 valence electrons. The quantitative estimate of drug-likeness (QED) is 0.581. The second-order valence-corrected chi connectivity index (χ2v) is 4.71. The van der Waals surface area contributed by atoms with Crippen LogP contribution in [0.25, 0.3) is 0 Å². The summed E-state index contributed by atoms with van der Waals surface area (Å²) >= 11 is 10.7. The summed E-state index contributed by atoms with van der Waals surface area (Å²) in [5.41, 5.74) is 1.67. The number of phenolic OH excluding ortho intramolecular Hbond substituents is 2. The molecule has 0 unspecified atom stereocenters. The fourth-order valence-electron chi connectivity index (χ4n) is 1.39. The van der Waals surface area contributed by atoms with E-state index in [1.54, 1.807) is 0 Å². The van der Waals surface area contributed by atoms with Crippen LogP contribution in [-0.2, 0) is 11.2 Å². The summed E-state index contributed by atoms with van der Waals surface area (Å²) in [6.07, 6.45) is 0.520. The molecule has 0 fully saturated rings. The monoisotopic (exact) mass is 277 g/mol. The average molecular weight is 278 g/mol. The van der Waals surface area contributed by atoms with Crippen LogP contribution >= 0.6 is 23.2 Å². The molecule has 4 nitrogen and oxygen atoms in total. The first-order chi connectivity index (χ1) is 7.91. The van der Waals surface area contributed by atoms with Crippen LogP contribution in [0.15, 0.2) is 12.1 Å². The first-order valence-electron chi connectivity index (χ1n) is 4.99. The lowest BCUT2D eigenvalue weighted by molar-refractivity contribution is -0.119. The van der Waals surface area contributed by atoms with Gasteiger partial charge in [-0.25, -0.2) is 0 Å². The second kappa shape index (κ2) is 5.98. The summed E-state index contributed by atoms with van der Waals surface area (Å²) in [4.78, 5) is 10.00. The van der Waals surface area contributed by atoms with Crippen LogP contribution in [0.4, 0.5) is 0 Å². The van der Waals surface area contributed by atoms with E-state index in [4.69, 9.17) is 23.2 Å². The zero-order valence-corrected chi connectivity index (χ0v) is 10.7. The molecule has 1 aromatic carbocycles. The smallest absolute Gasteiger partial charge is 0.253 e. The van der Waals surface area contributed by atoms with Crippen molar-refractivity contribution in [1.82, 2.24) is 5.32 Å². The Balaban J connectivity index is 2.58. The first kappa shape index (κ1) is 13.9. The number of amides is 1. The lowest BCUT2D eigenvalue weighted by atomic mass is 10.0. The Hall–Kier alpha value is -1.13. The summed E-state index contributed by atoms with van der Waals surface area (Å²) in [6.45, 7) is 2.17. The van der Waals surface area contributed by atoms with Gasteiger partial charge in [0.1, 0.15) is 0 Å². The van der Waals surface area contributed by atoms with Gasteiger partial charge in [-0.1, -0.05) is 23.2 Å². The molecular weight excluding hydrogens is 265 g/mol. The number of aromatic hydroxyl groups is 2. The lowest BCUT2D eigenvalue weighted by Gasteiger charge is -2.09. The van der Waals surface area contributed by atoms with Crippen LogP contribution in [0.1, 0.15) is 11.1 Å². The highest BCUT2D eigenvalue weighted by molar-refractivity contribution is 6.53. The van der Waals surface area contributed by atoms with E-state index in [0.717, 1.165) is 11.1 Å². The van der Waals surface area contributed by atoms with Crippen molar-refractivity contribution in [1.29, 1.82) is 0 Å². The van der Waals surface area contributed by atoms with Crippen molar-refractivity contribution in [3.8, 4) is 11.5 Å². The van der Waals surface area contributed by atoms with Crippen molar-refractivity contribution >= 4 is 29.1 Å². The van der Waals surface area contributed by atoms with E-state index in [1.165, 1.54) is 12.1 Å². The molecule has 0 aliphatic rings. The van der Waals surface area contributed by atoms with Crippen LogP contribution in [0, 0.1) is 6.92 Å². The molecule has 0 radical (unpaired) electrons. The third-order valence-corrected chi connectivity index (χ3v) is 2.72. The molecule has 6 heteroatoms. The van der Waals surface area contributed by atoms with Crippen molar-refractivity contribution < 1.29 is 15.0 Å². The highest BCUT2D eigenvalue weighted by atomic mass is 35.5. The van der Waals surface area contributed by atoms with Gasteiger partial charge in [0.25, 0.3) is 5.91 Å². The van der Waals surface area contributed by atoms with E-state index >= 15 is 0 Å². The molecule has 1 rings (SSSR count). The number of carbonyl (C=O) groups excluding carboxylic acids is 1. The zero-order valence-electron chi connectivity index (χ0n) is 9.20. The van der Waals surface area contributed by atoms with Gasteiger partial charge in [0.2, 0.25) is 0 Å². The van der Waals surface area contributed by atoms with Crippen LogP contribution in [0.3, 0.4) is 0 Å². The van der Waals surface area contributed by atoms with Crippen molar-refractivity contribution in [2.45, 2.75) is 18.2 Å². The molecule has 0 saturated heterocycles. The Kier molecular flexibility index (Phi) is 4.90. The van der Waals surface area contributed by atoms with Gasteiger partial charge in [0.15, 0.2) is 16.3 Å². The van der Waals surface area contributed by atoms with Crippen molar-refractivity contribution in [3.05, 3.63) is 23.3 Å². The minimum atomic E-state index is -1.08. The number of aryl methyl sites for hydroxylation is 1. The largest absolute Gasteiger partial charge is 0.504 e. The Morgan fingerprint density at radius 2 is 1.94 bits per heavy atom. The minimum Gasteiger partial charge on any atom is -0.504 e. The maximum absolute atomic E-state index is 11.1. The summed E-state index contributed by atoms with van der Waals surface area (Å²) in [5.74, 6) is -0.782. The molecule has 0 spiro atoms. The number of benzene rings is 1. The Labute approximate surface area is 109 Å². The SMILES string of the molecule is Cc1cc(O)c(O)cc1CCNC(=O)C(Cl)Cl. The van der Waals surface area contributed by atoms with Crippen LogP contribution in [0.2, 0.25) is 0 Å². The fourth-order valence-corrected chi connectivity index (χ4v) is 1.55. The molecular formula is C11H13Cl2NO3. The number of nitrogens with one attached hydrogen (secondary N) is 1. The van der Waals surface area contributed by atoms with E-state index in [9.17, 15) is 15.0 Å². The van der Waals surface area contributed by atoms with E-state index in [0.29, 0.717) is 13.0 Å². The summed E-state index contributed by atoms with van der Waals surface area (Å²) < 4.78 is 0. The third-order valence-electron chi connectivity index (χ3n) is 2.32. The number of carbonyl (C=O) groups is 1. The first-order valence-corrected chi connectivity index (χ1v) is 5.86. The third kappa shape index (κ3) is 3.98. The van der Waals surface area contributed by atoms with Gasteiger partial charge in [-0.2, -0.15) is 0 Å². The van der Waals surface area contributed by atoms with Crippen molar-refractivity contribution in [3.63, 3.8) is 0 Å². The van der Waals surface area contributed by atoms with E-state index in [2.05, 4.69) is 5.32 Å². The predicted octanol–water partition coefficient (Wildman–Crippen LogP) is 1.87. The van der Waals surface area contributed by atoms with Gasteiger partial charge in [-0.3, -0.25) is 4.79 Å². The summed E-state index contributed by atoms with van der Waals surface area (Å²) in [5, 5.41) is 21.1. The Morgan fingerprint density at radius 1 is 1.35 bits per heavy atom. The molecule has 0 heterocycles. The highest BCUT2D eigenvalue weighted by Crippen LogP contribution is 2.27. The molecule has 0 atom stereocenters. The Bertz CT molecular complexity index is 421. The van der Waals surface area contributed by atoms with Gasteiger partial charge in [0.05, 0.1) is 0 Å². The normalized spacial score (nSPS) is 10.6. The molecule has 1 amide bonds. The summed E-state index contributed by atoms with van der Waals surface area (Å²) in [6, 6.07) is 2.94. The van der Waals surface area contributed by atoms with Gasteiger partial charge >= 0.3 is 0 Å². The maximum Gasteiger partial charge on any atom is 0.253 e. The van der Waals surface area contributed by atoms with E-state index in [1.807, 2.05) is 6.92 Å². The average Bonchev–Trinajstić information content (AvgIpc) is 2.25. The molecule has 0 bridgehead atoms. The van der Waals surface area contributed by atoms with Crippen LogP contribution in [0.5, 0.6) is 11.5 Å². The topological polar surface area (TPSA) is 69.6 Å². The van der Waals surface area contributed by atoms with Crippen molar-refractivity contribution in [2.24, 2.45) is 0 Å². The van der Waals surface area contributed by atoms with Gasteiger partial charge in [0, 0.05) is 6.54 Å². The summed E-state index contributed by atoms with van der Waals surface area (Å²) in [7, 11) is 0. The molecule has 0 aliphatic carbocycles. The second-order valence-electron chi connectivity index (χ2n) is 3.61. The number of halogens is 2. The number of hydrogen-bond donors (Lipinski definition) is 3. The molecule has 1 aromatic rings. The van der Waals surface area contributed by atoms with Gasteiger partial charge < -0.3 is 15.5 Å². The minimum absolute atomic E-state index is 0.156. The number of hydrogen-bond acceptors (Lipinski definition) is 3. The highest BCUT2D eigenvalue weighted by Gasteiger charge is 2.11. The standard InChI is InChI=1S/C11H13Cl2NO3/c1-6-4-8(15)9(16)5-7(6)2-3-14-11(17)10(12)13/h4-5,10,15-16H,2-3H2,1H3,(H,14,17). The molecule has 3 N–H and O–H groups in total. The van der Waals surface area contributed by atoms with Crippen LogP contribution < -0.4 is 5.32 Å². The fraction of sp³-hybridized carbons (Fsp3) is 0.364. The van der Waals surface area contributed by atoms with Gasteiger partial charge in [-0.15, -0.1) is 0 Å². The Morgan fingerprint density at radius 3 is 2.53 bits per heavy atom. The van der Waals surface area contributed by atoms with Crippen molar-refractivity contribution in [2.75, 3.05) is 6.54 Å². The number of alkyl halides is 2. The molecule has 17 heavy (non-hydrogen) atoms.